The van der Waals surface area contributed by atoms with Crippen LogP contribution in [-0.2, 0) is 23.0 Å². The quantitative estimate of drug-likeness (QED) is 0.207. The molecule has 11 heteroatoms. The van der Waals surface area contributed by atoms with Crippen LogP contribution >= 0.6 is 11.3 Å². The van der Waals surface area contributed by atoms with Crippen LogP contribution < -0.4 is 15.4 Å². The normalized spacial score (nSPS) is 11.5. The van der Waals surface area contributed by atoms with Gasteiger partial charge in [0.05, 0.1) is 11.3 Å². The Morgan fingerprint density at radius 1 is 1.00 bits per heavy atom. The average molecular weight is 564 g/mol. The van der Waals surface area contributed by atoms with E-state index in [1.165, 1.54) is 24.7 Å². The van der Waals surface area contributed by atoms with Crippen molar-refractivity contribution in [3.63, 3.8) is 0 Å². The summed E-state index contributed by atoms with van der Waals surface area (Å²) in [4.78, 5) is 14.4. The van der Waals surface area contributed by atoms with Crippen molar-refractivity contribution in [2.24, 2.45) is 0 Å². The van der Waals surface area contributed by atoms with Gasteiger partial charge in [0.25, 0.3) is 0 Å². The van der Waals surface area contributed by atoms with Gasteiger partial charge in [-0.1, -0.05) is 18.2 Å². The smallest absolute Gasteiger partial charge is 0.148 e. The largest absolute Gasteiger partial charge is 0.489 e. The number of halogens is 1. The molecule has 0 unspecified atom stereocenters. The van der Waals surface area contributed by atoms with E-state index in [-0.39, 0.29) is 18.2 Å². The Bertz CT molecular complexity index is 1690. The van der Waals surface area contributed by atoms with E-state index in [4.69, 9.17) is 4.74 Å². The number of thiazole rings is 1. The standard InChI is InChI=1S/C28H26FN5O3S2/c1-39(35,36)12-11-30-15-24-16-31-28(38-24)20-5-10-25-26(14-20)32-18-33-27(25)34-22-6-8-23(9-7-22)37-17-19-3-2-4-21(29)13-19/h2-10,13-14,16,18,30H,11-12,15,17H2,1H3,(H,32,33,34). The zero-order chi connectivity index (χ0) is 27.2. The first-order chi connectivity index (χ1) is 18.8. The topological polar surface area (TPSA) is 106 Å². The Morgan fingerprint density at radius 3 is 2.64 bits per heavy atom. The van der Waals surface area contributed by atoms with Gasteiger partial charge in [0.2, 0.25) is 0 Å². The first-order valence-electron chi connectivity index (χ1n) is 12.1. The Morgan fingerprint density at radius 2 is 1.85 bits per heavy atom. The number of hydrogen-bond donors (Lipinski definition) is 2. The summed E-state index contributed by atoms with van der Waals surface area (Å²) in [5.74, 6) is 1.17. The molecule has 0 radical (unpaired) electrons. The molecule has 5 aromatic rings. The molecule has 200 valence electrons. The molecule has 0 aliphatic rings. The molecule has 0 bridgehead atoms. The van der Waals surface area contributed by atoms with Crippen molar-refractivity contribution in [1.82, 2.24) is 20.3 Å². The van der Waals surface area contributed by atoms with Crippen LogP contribution in [0, 0.1) is 5.82 Å². The molecule has 0 spiro atoms. The highest BCUT2D eigenvalue weighted by Crippen LogP contribution is 2.30. The molecular weight excluding hydrogens is 537 g/mol. The van der Waals surface area contributed by atoms with Gasteiger partial charge in [0.15, 0.2) is 0 Å². The van der Waals surface area contributed by atoms with Gasteiger partial charge in [-0.05, 0) is 54.1 Å². The summed E-state index contributed by atoms with van der Waals surface area (Å²) in [6.45, 7) is 1.24. The maximum absolute atomic E-state index is 13.4. The van der Waals surface area contributed by atoms with Gasteiger partial charge in [-0.25, -0.2) is 27.8 Å². The SMILES string of the molecule is CS(=O)(=O)CCNCc1cnc(-c2ccc3c(Nc4ccc(OCc5cccc(F)c5)cc4)ncnc3c2)s1. The highest BCUT2D eigenvalue weighted by Gasteiger charge is 2.10. The van der Waals surface area contributed by atoms with Crippen molar-refractivity contribution in [3.05, 3.63) is 95.5 Å². The minimum absolute atomic E-state index is 0.105. The zero-order valence-corrected chi connectivity index (χ0v) is 22.7. The molecule has 39 heavy (non-hydrogen) atoms. The molecule has 0 aliphatic heterocycles. The fourth-order valence-electron chi connectivity index (χ4n) is 3.85. The van der Waals surface area contributed by atoms with E-state index in [1.807, 2.05) is 48.5 Å². The third-order valence-corrected chi connectivity index (χ3v) is 7.79. The van der Waals surface area contributed by atoms with E-state index in [1.54, 1.807) is 23.6 Å². The average Bonchev–Trinajstić information content (AvgIpc) is 3.39. The Kier molecular flexibility index (Phi) is 8.10. The number of hydrogen-bond acceptors (Lipinski definition) is 9. The van der Waals surface area contributed by atoms with Crippen molar-refractivity contribution in [2.75, 3.05) is 23.9 Å². The summed E-state index contributed by atoms with van der Waals surface area (Å²) in [5, 5.41) is 8.21. The summed E-state index contributed by atoms with van der Waals surface area (Å²) < 4.78 is 41.7. The van der Waals surface area contributed by atoms with Crippen molar-refractivity contribution in [3.8, 4) is 16.3 Å². The number of fused-ring (bicyclic) bond motifs is 1. The molecule has 0 atom stereocenters. The molecule has 0 fully saturated rings. The molecule has 0 amide bonds. The summed E-state index contributed by atoms with van der Waals surface area (Å²) in [7, 11) is -2.98. The van der Waals surface area contributed by atoms with Crippen LogP contribution in [0.5, 0.6) is 5.75 Å². The number of anilines is 2. The lowest BCUT2D eigenvalue weighted by Gasteiger charge is -2.10. The monoisotopic (exact) mass is 563 g/mol. The van der Waals surface area contributed by atoms with Crippen LogP contribution in [0.1, 0.15) is 10.4 Å². The van der Waals surface area contributed by atoms with Crippen LogP contribution in [0.3, 0.4) is 0 Å². The maximum Gasteiger partial charge on any atom is 0.148 e. The van der Waals surface area contributed by atoms with Gasteiger partial charge in [-0.3, -0.25) is 0 Å². The highest BCUT2D eigenvalue weighted by atomic mass is 32.2. The van der Waals surface area contributed by atoms with Crippen LogP contribution in [0.25, 0.3) is 21.5 Å². The second kappa shape index (κ2) is 11.9. The van der Waals surface area contributed by atoms with Crippen molar-refractivity contribution >= 4 is 43.6 Å². The first kappa shape index (κ1) is 26.7. The predicted molar refractivity (Wildman–Crippen MR) is 153 cm³/mol. The van der Waals surface area contributed by atoms with E-state index in [0.29, 0.717) is 24.7 Å². The second-order valence-corrected chi connectivity index (χ2v) is 12.3. The van der Waals surface area contributed by atoms with Gasteiger partial charge in [-0.2, -0.15) is 0 Å². The minimum Gasteiger partial charge on any atom is -0.489 e. The van der Waals surface area contributed by atoms with Crippen molar-refractivity contribution in [2.45, 2.75) is 13.2 Å². The predicted octanol–water partition coefficient (Wildman–Crippen LogP) is 5.35. The van der Waals surface area contributed by atoms with E-state index in [2.05, 4.69) is 25.6 Å². The van der Waals surface area contributed by atoms with Gasteiger partial charge in [0.1, 0.15) is 45.2 Å². The second-order valence-electron chi connectivity index (χ2n) is 8.96. The van der Waals surface area contributed by atoms with Crippen molar-refractivity contribution < 1.29 is 17.5 Å². The van der Waals surface area contributed by atoms with Crippen LogP contribution in [0.2, 0.25) is 0 Å². The fourth-order valence-corrected chi connectivity index (χ4v) is 5.24. The summed E-state index contributed by atoms with van der Waals surface area (Å²) in [5.41, 5.74) is 3.33. The van der Waals surface area contributed by atoms with Gasteiger partial charge >= 0.3 is 0 Å². The number of sulfone groups is 1. The third kappa shape index (κ3) is 7.34. The van der Waals surface area contributed by atoms with Crippen molar-refractivity contribution in [1.29, 1.82) is 0 Å². The van der Waals surface area contributed by atoms with E-state index in [9.17, 15) is 12.8 Å². The third-order valence-electron chi connectivity index (χ3n) is 5.80. The Labute approximate surface area is 229 Å². The lowest BCUT2D eigenvalue weighted by molar-refractivity contribution is 0.305. The number of benzene rings is 3. The molecule has 0 saturated carbocycles. The van der Waals surface area contributed by atoms with Crippen LogP contribution in [-0.4, -0.2) is 41.9 Å². The molecule has 8 nitrogen and oxygen atoms in total. The zero-order valence-electron chi connectivity index (χ0n) is 21.1. The molecule has 0 aliphatic carbocycles. The fraction of sp³-hybridized carbons (Fsp3) is 0.179. The van der Waals surface area contributed by atoms with Crippen LogP contribution in [0.4, 0.5) is 15.9 Å². The number of ether oxygens (including phenoxy) is 1. The Balaban J connectivity index is 1.23. The molecule has 3 aromatic carbocycles. The van der Waals surface area contributed by atoms with Gasteiger partial charge < -0.3 is 15.4 Å². The van der Waals surface area contributed by atoms with E-state index in [0.717, 1.165) is 37.6 Å². The number of nitrogens with one attached hydrogen (secondary N) is 2. The van der Waals surface area contributed by atoms with E-state index < -0.39 is 9.84 Å². The maximum atomic E-state index is 13.4. The lowest BCUT2D eigenvalue weighted by atomic mass is 10.1. The molecule has 2 aromatic heterocycles. The first-order valence-corrected chi connectivity index (χ1v) is 15.0. The Hall–Kier alpha value is -3.93. The number of aromatic nitrogens is 3. The number of nitrogens with zero attached hydrogens (tertiary/aromatic N) is 3. The number of rotatable bonds is 11. The van der Waals surface area contributed by atoms with E-state index >= 15 is 0 Å². The summed E-state index contributed by atoms with van der Waals surface area (Å²) >= 11 is 1.55. The van der Waals surface area contributed by atoms with Gasteiger partial charge in [-0.15, -0.1) is 11.3 Å². The minimum atomic E-state index is -2.98. The molecular formula is C28H26FN5O3S2. The molecule has 0 saturated heterocycles. The summed E-state index contributed by atoms with van der Waals surface area (Å²) in [6.07, 6.45) is 4.55. The molecule has 2 N–H and O–H groups in total. The molecule has 5 rings (SSSR count). The summed E-state index contributed by atoms with van der Waals surface area (Å²) in [6, 6.07) is 19.8. The highest BCUT2D eigenvalue weighted by molar-refractivity contribution is 7.90. The van der Waals surface area contributed by atoms with Gasteiger partial charge in [0, 0.05) is 47.1 Å². The molecule has 2 heterocycles. The van der Waals surface area contributed by atoms with Crippen LogP contribution in [0.15, 0.2) is 79.3 Å². The lowest BCUT2D eigenvalue weighted by Crippen LogP contribution is -2.21.